The summed E-state index contributed by atoms with van der Waals surface area (Å²) in [7, 11) is 0. The van der Waals surface area contributed by atoms with Gasteiger partial charge in [0.25, 0.3) is 0 Å². The molecule has 0 aromatic carbocycles. The molecule has 71 valence electrons. The van der Waals surface area contributed by atoms with E-state index in [1.165, 1.54) is 0 Å². The fourth-order valence-corrected chi connectivity index (χ4v) is 1.82. The van der Waals surface area contributed by atoms with Crippen LogP contribution in [0.5, 0.6) is 0 Å². The standard InChI is InChI=1S/C9H18NO2/c1-7-6-9(2,3)10-8(12-7)4-5-11/h7-8,10H,4-6H2,1-3H3. The fourth-order valence-electron chi connectivity index (χ4n) is 1.82. The first-order chi connectivity index (χ1) is 5.53. The topological polar surface area (TPSA) is 41.2 Å². The molecule has 2 unspecified atom stereocenters. The summed E-state index contributed by atoms with van der Waals surface area (Å²) in [6.07, 6.45) is 1.79. The molecular weight excluding hydrogens is 154 g/mol. The molecule has 3 nitrogen and oxygen atoms in total. The summed E-state index contributed by atoms with van der Waals surface area (Å²) < 4.78 is 5.55. The summed E-state index contributed by atoms with van der Waals surface area (Å²) in [5.41, 5.74) is 0.109. The molecule has 12 heavy (non-hydrogen) atoms. The van der Waals surface area contributed by atoms with Crippen LogP contribution in [0.1, 0.15) is 33.6 Å². The molecule has 1 heterocycles. The highest BCUT2D eigenvalue weighted by Gasteiger charge is 2.31. The zero-order valence-electron chi connectivity index (χ0n) is 8.09. The number of rotatable bonds is 2. The summed E-state index contributed by atoms with van der Waals surface area (Å²) in [5.74, 6) is 0. The maximum atomic E-state index is 10.4. The molecule has 0 bridgehead atoms. The molecule has 0 aromatic heterocycles. The molecular formula is C9H18NO2. The van der Waals surface area contributed by atoms with Gasteiger partial charge < -0.3 is 4.74 Å². The third kappa shape index (κ3) is 2.73. The highest BCUT2D eigenvalue weighted by molar-refractivity contribution is 4.85. The molecule has 0 spiro atoms. The van der Waals surface area contributed by atoms with E-state index in [0.29, 0.717) is 6.42 Å². The lowest BCUT2D eigenvalue weighted by Crippen LogP contribution is -2.54. The molecule has 1 N–H and O–H groups in total. The third-order valence-electron chi connectivity index (χ3n) is 2.13. The van der Waals surface area contributed by atoms with Crippen LogP contribution in [-0.2, 0) is 9.84 Å². The number of hydrogen-bond acceptors (Lipinski definition) is 2. The summed E-state index contributed by atoms with van der Waals surface area (Å²) in [6, 6.07) is 0. The van der Waals surface area contributed by atoms with Crippen molar-refractivity contribution in [2.45, 2.75) is 51.5 Å². The van der Waals surface area contributed by atoms with Crippen LogP contribution in [-0.4, -0.2) is 24.5 Å². The van der Waals surface area contributed by atoms with Crippen molar-refractivity contribution < 1.29 is 9.84 Å². The number of ether oxygens (including phenoxy) is 1. The van der Waals surface area contributed by atoms with E-state index in [2.05, 4.69) is 26.1 Å². The molecule has 0 amide bonds. The van der Waals surface area contributed by atoms with Gasteiger partial charge in [0, 0.05) is 12.0 Å². The van der Waals surface area contributed by atoms with Crippen molar-refractivity contribution in [1.29, 1.82) is 0 Å². The van der Waals surface area contributed by atoms with E-state index >= 15 is 0 Å². The van der Waals surface area contributed by atoms with Gasteiger partial charge in [-0.1, -0.05) is 0 Å². The Hall–Kier alpha value is -0.120. The number of nitrogens with one attached hydrogen (secondary N) is 1. The van der Waals surface area contributed by atoms with E-state index in [9.17, 15) is 5.11 Å². The molecule has 1 aliphatic heterocycles. The molecule has 2 atom stereocenters. The first-order valence-electron chi connectivity index (χ1n) is 4.55. The quantitative estimate of drug-likeness (QED) is 0.682. The Morgan fingerprint density at radius 2 is 2.25 bits per heavy atom. The van der Waals surface area contributed by atoms with Gasteiger partial charge in [0.2, 0.25) is 0 Å². The van der Waals surface area contributed by atoms with Crippen molar-refractivity contribution in [3.8, 4) is 0 Å². The summed E-state index contributed by atoms with van der Waals surface area (Å²) in [5, 5.41) is 13.7. The van der Waals surface area contributed by atoms with E-state index in [1.807, 2.05) is 0 Å². The minimum Gasteiger partial charge on any atom is -0.360 e. The van der Waals surface area contributed by atoms with Gasteiger partial charge >= 0.3 is 0 Å². The second kappa shape index (κ2) is 3.73. The average Bonchev–Trinajstić information content (AvgIpc) is 1.82. The predicted molar refractivity (Wildman–Crippen MR) is 46.3 cm³/mol. The molecule has 1 radical (unpaired) electrons. The second-order valence-corrected chi connectivity index (χ2v) is 4.16. The van der Waals surface area contributed by atoms with E-state index in [4.69, 9.17) is 4.74 Å². The van der Waals surface area contributed by atoms with Crippen LogP contribution >= 0.6 is 0 Å². The van der Waals surface area contributed by atoms with Crippen LogP contribution in [0.25, 0.3) is 0 Å². The lowest BCUT2D eigenvalue weighted by Gasteiger charge is -2.40. The molecule has 1 rings (SSSR count). The van der Waals surface area contributed by atoms with Gasteiger partial charge in [-0.25, -0.2) is 5.11 Å². The van der Waals surface area contributed by atoms with Gasteiger partial charge in [0.1, 0.15) is 6.23 Å². The third-order valence-corrected chi connectivity index (χ3v) is 2.13. The van der Waals surface area contributed by atoms with Gasteiger partial charge in [0.05, 0.1) is 12.7 Å². The van der Waals surface area contributed by atoms with Crippen LogP contribution in [0.15, 0.2) is 0 Å². The molecule has 0 aliphatic carbocycles. The minimum absolute atomic E-state index is 0.0405. The highest BCUT2D eigenvalue weighted by Crippen LogP contribution is 2.22. The maximum Gasteiger partial charge on any atom is 0.111 e. The van der Waals surface area contributed by atoms with Crippen LogP contribution in [0.2, 0.25) is 0 Å². The average molecular weight is 172 g/mol. The molecule has 1 aliphatic rings. The SMILES string of the molecule is CC1CC(C)(C)NC(CC[O])O1. The minimum atomic E-state index is -0.0690. The predicted octanol–water partition coefficient (Wildman–Crippen LogP) is 1.31. The number of hydrogen-bond donors (Lipinski definition) is 1. The first-order valence-corrected chi connectivity index (χ1v) is 4.55. The van der Waals surface area contributed by atoms with Gasteiger partial charge in [-0.05, 0) is 27.2 Å². The smallest absolute Gasteiger partial charge is 0.111 e. The van der Waals surface area contributed by atoms with E-state index < -0.39 is 0 Å². The largest absolute Gasteiger partial charge is 0.360 e. The molecule has 3 heteroatoms. The first kappa shape index (κ1) is 9.96. The maximum absolute atomic E-state index is 10.4. The zero-order chi connectivity index (χ0) is 9.19. The lowest BCUT2D eigenvalue weighted by molar-refractivity contribution is -0.0970. The monoisotopic (exact) mass is 172 g/mol. The summed E-state index contributed by atoms with van der Waals surface area (Å²) >= 11 is 0. The van der Waals surface area contributed by atoms with Crippen LogP contribution in [0.4, 0.5) is 0 Å². The van der Waals surface area contributed by atoms with Crippen molar-refractivity contribution in [2.75, 3.05) is 6.61 Å². The van der Waals surface area contributed by atoms with Crippen LogP contribution in [0, 0.1) is 0 Å². The van der Waals surface area contributed by atoms with Gasteiger partial charge in [-0.15, -0.1) is 0 Å². The van der Waals surface area contributed by atoms with E-state index in [-0.39, 0.29) is 24.5 Å². The van der Waals surface area contributed by atoms with Gasteiger partial charge in [-0.3, -0.25) is 5.32 Å². The van der Waals surface area contributed by atoms with Crippen molar-refractivity contribution in [2.24, 2.45) is 0 Å². The fraction of sp³-hybridized carbons (Fsp3) is 1.00. The lowest BCUT2D eigenvalue weighted by atomic mass is 9.95. The van der Waals surface area contributed by atoms with Gasteiger partial charge in [0.15, 0.2) is 0 Å². The summed E-state index contributed by atoms with van der Waals surface area (Å²) in [4.78, 5) is 0. The zero-order valence-corrected chi connectivity index (χ0v) is 8.09. The van der Waals surface area contributed by atoms with E-state index in [1.54, 1.807) is 0 Å². The normalized spacial score (nSPS) is 35.0. The van der Waals surface area contributed by atoms with Crippen LogP contribution < -0.4 is 5.32 Å². The van der Waals surface area contributed by atoms with Crippen molar-refractivity contribution >= 4 is 0 Å². The van der Waals surface area contributed by atoms with E-state index in [0.717, 1.165) is 6.42 Å². The Balaban J connectivity index is 2.46. The van der Waals surface area contributed by atoms with Crippen molar-refractivity contribution in [3.63, 3.8) is 0 Å². The molecule has 0 saturated carbocycles. The van der Waals surface area contributed by atoms with Crippen molar-refractivity contribution in [3.05, 3.63) is 0 Å². The molecule has 1 fully saturated rings. The second-order valence-electron chi connectivity index (χ2n) is 4.16. The van der Waals surface area contributed by atoms with Gasteiger partial charge in [-0.2, -0.15) is 0 Å². The Bertz CT molecular complexity index is 147. The Morgan fingerprint density at radius 1 is 1.58 bits per heavy atom. The Labute approximate surface area is 74.1 Å². The highest BCUT2D eigenvalue weighted by atomic mass is 16.5. The van der Waals surface area contributed by atoms with Crippen LogP contribution in [0.3, 0.4) is 0 Å². The molecule has 1 saturated heterocycles. The van der Waals surface area contributed by atoms with Crippen molar-refractivity contribution in [1.82, 2.24) is 5.32 Å². The Morgan fingerprint density at radius 3 is 2.75 bits per heavy atom. The Kier molecular flexibility index (Phi) is 3.09. The summed E-state index contributed by atoms with van der Waals surface area (Å²) in [6.45, 7) is 6.27. The molecule has 0 aromatic rings.